The van der Waals surface area contributed by atoms with Gasteiger partial charge in [-0.25, -0.2) is 10.2 Å². The summed E-state index contributed by atoms with van der Waals surface area (Å²) in [5, 5.41) is 6.75. The molecule has 0 aliphatic heterocycles. The Kier molecular flexibility index (Phi) is 8.15. The maximum Gasteiger partial charge on any atom is 0.343 e. The minimum atomic E-state index is -0.923. The van der Waals surface area contributed by atoms with Crippen molar-refractivity contribution >= 4 is 41.3 Å². The van der Waals surface area contributed by atoms with E-state index in [-0.39, 0.29) is 0 Å². The number of hydrazone groups is 1. The largest absolute Gasteiger partial charge is 0.494 e. The fourth-order valence-electron chi connectivity index (χ4n) is 2.58. The number of ether oxygens (including phenoxy) is 2. The molecule has 0 atom stereocenters. The number of hydrogen-bond donors (Lipinski definition) is 2. The zero-order valence-corrected chi connectivity index (χ0v) is 18.3. The van der Waals surface area contributed by atoms with E-state index >= 15 is 0 Å². The van der Waals surface area contributed by atoms with Gasteiger partial charge in [0.1, 0.15) is 11.5 Å². The molecule has 0 bridgehead atoms. The number of amides is 2. The van der Waals surface area contributed by atoms with E-state index in [1.165, 1.54) is 6.21 Å². The molecular formula is C24H20ClN3O5. The maximum absolute atomic E-state index is 12.1. The second-order valence-electron chi connectivity index (χ2n) is 6.58. The van der Waals surface area contributed by atoms with Gasteiger partial charge in [-0.1, -0.05) is 11.6 Å². The van der Waals surface area contributed by atoms with E-state index in [1.54, 1.807) is 72.8 Å². The molecule has 3 aromatic carbocycles. The Morgan fingerprint density at radius 1 is 0.879 bits per heavy atom. The molecule has 3 aromatic rings. The summed E-state index contributed by atoms with van der Waals surface area (Å²) < 4.78 is 10.6. The molecule has 33 heavy (non-hydrogen) atoms. The summed E-state index contributed by atoms with van der Waals surface area (Å²) in [6.45, 7) is 2.40. The molecule has 0 fully saturated rings. The van der Waals surface area contributed by atoms with Crippen LogP contribution in [-0.2, 0) is 9.59 Å². The van der Waals surface area contributed by atoms with Crippen LogP contribution in [0, 0.1) is 0 Å². The van der Waals surface area contributed by atoms with E-state index in [0.29, 0.717) is 39.9 Å². The monoisotopic (exact) mass is 465 g/mol. The molecule has 0 saturated carbocycles. The number of anilines is 1. The number of carbonyl (C=O) groups excluding carboxylic acids is 3. The van der Waals surface area contributed by atoms with Crippen molar-refractivity contribution in [2.45, 2.75) is 6.92 Å². The van der Waals surface area contributed by atoms with Crippen LogP contribution in [0.1, 0.15) is 22.8 Å². The van der Waals surface area contributed by atoms with Crippen molar-refractivity contribution in [3.05, 3.63) is 88.9 Å². The number of nitrogens with one attached hydrogen (secondary N) is 2. The lowest BCUT2D eigenvalue weighted by atomic mass is 10.2. The molecule has 0 heterocycles. The first-order valence-corrected chi connectivity index (χ1v) is 10.3. The SMILES string of the molecule is CCOc1ccc(NC(=O)C(=O)N/N=C\c2ccc(OC(=O)c3ccc(Cl)cc3)cc2)cc1. The highest BCUT2D eigenvalue weighted by Crippen LogP contribution is 2.16. The molecule has 0 aromatic heterocycles. The van der Waals surface area contributed by atoms with Gasteiger partial charge < -0.3 is 14.8 Å². The van der Waals surface area contributed by atoms with Crippen LogP contribution >= 0.6 is 11.6 Å². The topological polar surface area (TPSA) is 106 Å². The van der Waals surface area contributed by atoms with E-state index in [4.69, 9.17) is 21.1 Å². The van der Waals surface area contributed by atoms with Crippen molar-refractivity contribution < 1.29 is 23.9 Å². The zero-order valence-electron chi connectivity index (χ0n) is 17.6. The molecule has 0 aliphatic carbocycles. The molecule has 0 saturated heterocycles. The predicted octanol–water partition coefficient (Wildman–Crippen LogP) is 4.05. The van der Waals surface area contributed by atoms with Gasteiger partial charge in [-0.2, -0.15) is 5.10 Å². The van der Waals surface area contributed by atoms with E-state index in [1.807, 2.05) is 6.92 Å². The maximum atomic E-state index is 12.1. The summed E-state index contributed by atoms with van der Waals surface area (Å²) in [4.78, 5) is 36.0. The van der Waals surface area contributed by atoms with Crippen LogP contribution in [0.4, 0.5) is 5.69 Å². The Hall–Kier alpha value is -4.17. The Morgan fingerprint density at radius 2 is 1.52 bits per heavy atom. The average molecular weight is 466 g/mol. The molecule has 0 aliphatic rings. The van der Waals surface area contributed by atoms with E-state index in [0.717, 1.165) is 0 Å². The lowest BCUT2D eigenvalue weighted by Crippen LogP contribution is -2.32. The molecule has 168 valence electrons. The minimum absolute atomic E-state index is 0.339. The van der Waals surface area contributed by atoms with Crippen LogP contribution in [0.3, 0.4) is 0 Å². The van der Waals surface area contributed by atoms with E-state index in [9.17, 15) is 14.4 Å². The number of rotatable bonds is 7. The Labute approximate surface area is 195 Å². The van der Waals surface area contributed by atoms with Crippen molar-refractivity contribution in [1.29, 1.82) is 0 Å². The lowest BCUT2D eigenvalue weighted by molar-refractivity contribution is -0.136. The zero-order chi connectivity index (χ0) is 23.6. The first kappa shape index (κ1) is 23.5. The molecular weight excluding hydrogens is 446 g/mol. The molecule has 3 rings (SSSR count). The van der Waals surface area contributed by atoms with Gasteiger partial charge in [0, 0.05) is 10.7 Å². The van der Waals surface area contributed by atoms with Crippen molar-refractivity contribution in [3.63, 3.8) is 0 Å². The first-order chi connectivity index (χ1) is 15.9. The van der Waals surface area contributed by atoms with Crippen LogP contribution in [0.5, 0.6) is 11.5 Å². The van der Waals surface area contributed by atoms with Crippen molar-refractivity contribution in [3.8, 4) is 11.5 Å². The van der Waals surface area contributed by atoms with Crippen LogP contribution in [0.2, 0.25) is 5.02 Å². The Morgan fingerprint density at radius 3 is 2.15 bits per heavy atom. The summed E-state index contributed by atoms with van der Waals surface area (Å²) in [7, 11) is 0. The third-order valence-corrected chi connectivity index (χ3v) is 4.43. The number of benzene rings is 3. The standard InChI is InChI=1S/C24H20ClN3O5/c1-2-32-20-13-9-19(10-14-20)27-22(29)23(30)28-26-15-16-3-11-21(12-4-16)33-24(31)17-5-7-18(25)8-6-17/h3-15H,2H2,1H3,(H,27,29)(H,28,30)/b26-15-. The molecule has 8 nitrogen and oxygen atoms in total. The number of nitrogens with zero attached hydrogens (tertiary/aromatic N) is 1. The fraction of sp³-hybridized carbons (Fsp3) is 0.0833. The number of halogens is 1. The van der Waals surface area contributed by atoms with Crippen LogP contribution < -0.4 is 20.2 Å². The van der Waals surface area contributed by atoms with Gasteiger partial charge in [0.15, 0.2) is 0 Å². The third kappa shape index (κ3) is 7.19. The summed E-state index contributed by atoms with van der Waals surface area (Å²) in [5.41, 5.74) is 3.59. The molecule has 9 heteroatoms. The van der Waals surface area contributed by atoms with Gasteiger partial charge in [0.25, 0.3) is 0 Å². The summed E-state index contributed by atoms with van der Waals surface area (Å²) in [6, 6.07) is 19.4. The highest BCUT2D eigenvalue weighted by Gasteiger charge is 2.13. The second kappa shape index (κ2) is 11.4. The second-order valence-corrected chi connectivity index (χ2v) is 7.01. The first-order valence-electron chi connectivity index (χ1n) is 9.89. The predicted molar refractivity (Wildman–Crippen MR) is 125 cm³/mol. The normalized spacial score (nSPS) is 10.5. The van der Waals surface area contributed by atoms with E-state index in [2.05, 4.69) is 15.8 Å². The van der Waals surface area contributed by atoms with Gasteiger partial charge in [0.05, 0.1) is 18.4 Å². The van der Waals surface area contributed by atoms with Crippen molar-refractivity contribution in [1.82, 2.24) is 5.43 Å². The van der Waals surface area contributed by atoms with Crippen LogP contribution in [0.25, 0.3) is 0 Å². The molecule has 0 radical (unpaired) electrons. The van der Waals surface area contributed by atoms with Gasteiger partial charge in [-0.05, 0) is 85.3 Å². The highest BCUT2D eigenvalue weighted by atomic mass is 35.5. The smallest absolute Gasteiger partial charge is 0.343 e. The van der Waals surface area contributed by atoms with Gasteiger partial charge >= 0.3 is 17.8 Å². The molecule has 2 amide bonds. The summed E-state index contributed by atoms with van der Waals surface area (Å²) in [5.74, 6) is -1.30. The van der Waals surface area contributed by atoms with Gasteiger partial charge in [-0.15, -0.1) is 0 Å². The lowest BCUT2D eigenvalue weighted by Gasteiger charge is -2.06. The number of hydrogen-bond acceptors (Lipinski definition) is 6. The number of esters is 1. The van der Waals surface area contributed by atoms with Crippen LogP contribution in [-0.4, -0.2) is 30.6 Å². The highest BCUT2D eigenvalue weighted by molar-refractivity contribution is 6.39. The number of carbonyl (C=O) groups is 3. The fourth-order valence-corrected chi connectivity index (χ4v) is 2.71. The summed E-state index contributed by atoms with van der Waals surface area (Å²) in [6.07, 6.45) is 1.35. The van der Waals surface area contributed by atoms with Crippen molar-refractivity contribution in [2.24, 2.45) is 5.10 Å². The molecule has 0 spiro atoms. The Balaban J connectivity index is 1.48. The molecule has 0 unspecified atom stereocenters. The minimum Gasteiger partial charge on any atom is -0.494 e. The quantitative estimate of drug-likeness (QED) is 0.180. The molecule has 2 N–H and O–H groups in total. The summed E-state index contributed by atoms with van der Waals surface area (Å²) >= 11 is 5.81. The van der Waals surface area contributed by atoms with Crippen LogP contribution in [0.15, 0.2) is 77.9 Å². The Bertz CT molecular complexity index is 1140. The van der Waals surface area contributed by atoms with Gasteiger partial charge in [-0.3, -0.25) is 9.59 Å². The van der Waals surface area contributed by atoms with E-state index < -0.39 is 17.8 Å². The average Bonchev–Trinajstić information content (AvgIpc) is 2.82. The van der Waals surface area contributed by atoms with Gasteiger partial charge in [0.2, 0.25) is 0 Å². The van der Waals surface area contributed by atoms with Crippen molar-refractivity contribution in [2.75, 3.05) is 11.9 Å². The third-order valence-electron chi connectivity index (χ3n) is 4.18.